The molecular weight excluding hydrogens is 923 g/mol. The van der Waals surface area contributed by atoms with Crippen LogP contribution in [0.5, 0.6) is 5.88 Å². The molecule has 9 atom stereocenters. The molecule has 8 aromatic rings. The van der Waals surface area contributed by atoms with E-state index in [1.165, 1.54) is 12.3 Å². The summed E-state index contributed by atoms with van der Waals surface area (Å²) in [4.78, 5) is 47.4. The molecule has 2 bridgehead atoms. The normalized spacial score (nSPS) is 27.8. The predicted octanol–water partition coefficient (Wildman–Crippen LogP) is 0.250. The van der Waals surface area contributed by atoms with Crippen molar-refractivity contribution in [1.82, 2.24) is 33.6 Å². The molecule has 0 spiro atoms. The van der Waals surface area contributed by atoms with Crippen molar-refractivity contribution >= 4 is 72.3 Å². The second-order valence-electron chi connectivity index (χ2n) is 19.1. The van der Waals surface area contributed by atoms with Crippen molar-refractivity contribution in [2.75, 3.05) is 38.6 Å². The topological polar surface area (TPSA) is 349 Å². The number of anilines is 1. The Hall–Kier alpha value is -6.70. The third-order valence-electron chi connectivity index (χ3n) is 15.1. The third-order valence-corrected chi connectivity index (χ3v) is 15.1. The lowest BCUT2D eigenvalue weighted by molar-refractivity contribution is -0.284. The van der Waals surface area contributed by atoms with E-state index >= 15 is 0 Å². The minimum atomic E-state index is -1.46. The van der Waals surface area contributed by atoms with Crippen LogP contribution in [0.2, 0.25) is 0 Å². The molecular formula is C49H52N9O13-. The van der Waals surface area contributed by atoms with E-state index in [9.17, 15) is 45.0 Å². The maximum absolute atomic E-state index is 13.3. The average molecular weight is 975 g/mol. The number of nitrogens with zero attached hydrogens (tertiary/aromatic N) is 5. The number of rotatable bonds is 7. The molecule has 3 unspecified atom stereocenters. The number of nitrogen functional groups attached to an aromatic ring is 1. The molecule has 1 aliphatic carbocycles. The van der Waals surface area contributed by atoms with Crippen LogP contribution in [0.4, 0.5) is 5.95 Å². The number of hydrogen-bond donors (Lipinski definition) is 11. The van der Waals surface area contributed by atoms with Crippen LogP contribution >= 0.6 is 0 Å². The molecule has 22 nitrogen and oxygen atoms in total. The van der Waals surface area contributed by atoms with E-state index in [1.807, 2.05) is 42.2 Å². The van der Waals surface area contributed by atoms with Crippen molar-refractivity contribution in [1.29, 1.82) is 0 Å². The number of nitrogens with one attached hydrogen (secondary N) is 2. The van der Waals surface area contributed by atoms with Gasteiger partial charge < -0.3 is 80.5 Å². The fourth-order valence-electron chi connectivity index (χ4n) is 11.6. The Morgan fingerprint density at radius 3 is 2.32 bits per heavy atom. The van der Waals surface area contributed by atoms with E-state index in [-0.39, 0.29) is 41.8 Å². The van der Waals surface area contributed by atoms with Gasteiger partial charge in [-0.25, -0.2) is 4.98 Å². The number of aliphatic hydroxyl groups excluding tert-OH is 6. The molecule has 1 amide bonds. The molecule has 5 aliphatic rings. The highest BCUT2D eigenvalue weighted by molar-refractivity contribution is 6.31. The van der Waals surface area contributed by atoms with Crippen LogP contribution in [0.1, 0.15) is 64.1 Å². The van der Waals surface area contributed by atoms with Gasteiger partial charge in [0.05, 0.1) is 41.4 Å². The van der Waals surface area contributed by atoms with Crippen LogP contribution in [0.25, 0.3) is 54.6 Å². The first-order valence-electron chi connectivity index (χ1n) is 23.3. The number of aliphatic hydroxyl groups is 7. The van der Waals surface area contributed by atoms with Crippen molar-refractivity contribution in [3.8, 4) is 5.88 Å². The summed E-state index contributed by atoms with van der Waals surface area (Å²) < 4.78 is 17.1. The van der Waals surface area contributed by atoms with Gasteiger partial charge in [-0.15, -0.1) is 0 Å². The van der Waals surface area contributed by atoms with Crippen molar-refractivity contribution < 1.29 is 59.9 Å². The average Bonchev–Trinajstić information content (AvgIpc) is 4.24. The fraction of sp³-hybridized carbons (Fsp3) is 0.388. The largest absolute Gasteiger partial charge is 0.859 e. The van der Waals surface area contributed by atoms with Gasteiger partial charge in [-0.05, 0) is 43.0 Å². The lowest BCUT2D eigenvalue weighted by atomic mass is 9.89. The zero-order valence-electron chi connectivity index (χ0n) is 38.2. The fourth-order valence-corrected chi connectivity index (χ4v) is 11.6. The van der Waals surface area contributed by atoms with Crippen LogP contribution in [0.15, 0.2) is 71.8 Å². The number of primary amides is 1. The number of ketones is 1. The van der Waals surface area contributed by atoms with Crippen molar-refractivity contribution in [2.24, 2.45) is 11.7 Å². The number of Topliss-reactive ketones (excluding diaryl/α,β-unsaturated/α-hetero) is 1. The van der Waals surface area contributed by atoms with Gasteiger partial charge in [0.15, 0.2) is 17.7 Å². The van der Waals surface area contributed by atoms with Crippen LogP contribution in [-0.2, 0) is 28.2 Å². The highest BCUT2D eigenvalue weighted by Crippen LogP contribution is 2.57. The summed E-state index contributed by atoms with van der Waals surface area (Å²) in [6.07, 6.45) is -1.36. The molecule has 3 aromatic carbocycles. The third kappa shape index (κ3) is 6.85. The molecule has 9 heterocycles. The number of fused-ring (bicyclic) bond motifs is 14. The van der Waals surface area contributed by atoms with Crippen LogP contribution in [-0.4, -0.2) is 144 Å². The first kappa shape index (κ1) is 46.7. The van der Waals surface area contributed by atoms with E-state index in [1.54, 1.807) is 6.20 Å². The molecule has 22 heteroatoms. The summed E-state index contributed by atoms with van der Waals surface area (Å²) in [5.74, 6) is -1.44. The van der Waals surface area contributed by atoms with Crippen molar-refractivity contribution in [3.63, 3.8) is 0 Å². The van der Waals surface area contributed by atoms with Gasteiger partial charge in [0.2, 0.25) is 11.9 Å². The molecule has 0 radical (unpaired) electrons. The summed E-state index contributed by atoms with van der Waals surface area (Å²) in [5.41, 5.74) is 15.0. The number of ether oxygens (including phenoxy) is 2. The van der Waals surface area contributed by atoms with Crippen molar-refractivity contribution in [2.45, 2.75) is 80.9 Å². The molecule has 5 aromatic heterocycles. The number of para-hydroxylation sites is 2. The quantitative estimate of drug-likeness (QED) is 0.102. The Balaban J connectivity index is 0.000000124. The monoisotopic (exact) mass is 974 g/mol. The van der Waals surface area contributed by atoms with Gasteiger partial charge in [-0.2, -0.15) is 0 Å². The van der Waals surface area contributed by atoms with Crippen molar-refractivity contribution in [3.05, 3.63) is 99.6 Å². The second kappa shape index (κ2) is 17.0. The van der Waals surface area contributed by atoms with Gasteiger partial charge >= 0.3 is 0 Å². The minimum Gasteiger partial charge on any atom is -0.859 e. The number of likely N-dealkylation sites (tertiary alicyclic amines) is 1. The maximum atomic E-state index is 13.3. The standard InChI is InChI=1S/C27H22N2O4.C12H17N5O3.C10H14N2O6/c1-26-27(32,13-30)12-20(33-26)28-17-8-4-2-6-14(17)23-22-16(10-11-19(22)31)21-15-7-3-5-9-18(15)29(26)25(21)24(23)28;13-12-15-9-6(1-14-10(9)11(20)16-12)2-17-3-7(5-18)8(19)4-17;11-8(16)4-1-2-12(9(4)17)10-7(15)6(14)5(3-13)18-10/h2-9,20,30,32H,10-13H2,1H3;1,7-8,14,18-19H,2-5H2,(H3,13,15,16,20);1-2,5-7,10,13-15,17H,3H2,(H2,11,16)/p-1/t20?,26-,27-;;5-,6-,7-,10-/m0.1/s1. The zero-order chi connectivity index (χ0) is 50.0. The Morgan fingerprint density at radius 2 is 1.66 bits per heavy atom. The molecule has 71 heavy (non-hydrogen) atoms. The van der Waals surface area contributed by atoms with E-state index in [4.69, 9.17) is 31.2 Å². The predicted molar refractivity (Wildman–Crippen MR) is 254 cm³/mol. The molecule has 0 saturated carbocycles. The molecule has 3 fully saturated rings. The van der Waals surface area contributed by atoms with E-state index in [0.717, 1.165) is 64.9 Å². The molecule has 4 aliphatic heterocycles. The molecule has 13 rings (SSSR count). The number of β-amino-alcohol motifs (C(OH)–C–C–N with tert-alkyl or cyclic N) is 1. The van der Waals surface area contributed by atoms with Crippen LogP contribution < -0.4 is 22.1 Å². The second-order valence-corrected chi connectivity index (χ2v) is 19.1. The van der Waals surface area contributed by atoms with Gasteiger partial charge in [0.25, 0.3) is 5.56 Å². The van der Waals surface area contributed by atoms with E-state index in [0.29, 0.717) is 43.5 Å². The summed E-state index contributed by atoms with van der Waals surface area (Å²) in [6.45, 7) is 2.61. The highest BCUT2D eigenvalue weighted by Gasteiger charge is 2.61. The van der Waals surface area contributed by atoms with Gasteiger partial charge in [0.1, 0.15) is 41.2 Å². The number of H-pyrrole nitrogens is 2. The number of carbonyl (C=O) groups is 2. The zero-order valence-corrected chi connectivity index (χ0v) is 38.2. The van der Waals surface area contributed by atoms with Gasteiger partial charge in [-0.3, -0.25) is 24.3 Å². The molecule has 372 valence electrons. The summed E-state index contributed by atoms with van der Waals surface area (Å²) in [7, 11) is 0. The Bertz CT molecular complexity index is 3520. The SMILES string of the molecule is C[C@]12OC(C[C@]1(O)CO)n1c3ccccc3c3c4c(c5c6ccccc6n2c5c31)CCC4=O.NC(=O)c1ccn([C@@H]2O[C@H](CO)[C@@H](O)[C@H]2O)c1[O-].Nc1nc2c(CN3CC(O)C(CO)C3)c[nH]c2c(=O)[nH]1. The molecule has 3 saturated heterocycles. The van der Waals surface area contributed by atoms with Crippen LogP contribution in [0, 0.1) is 5.92 Å². The smallest absolute Gasteiger partial charge is 0.276 e. The summed E-state index contributed by atoms with van der Waals surface area (Å²) >= 11 is 0. The number of amides is 1. The lowest BCUT2D eigenvalue weighted by Crippen LogP contribution is -2.53. The number of nitrogens with two attached hydrogens (primary N) is 2. The first-order chi connectivity index (χ1) is 34.0. The Morgan fingerprint density at radius 1 is 0.944 bits per heavy atom. The minimum absolute atomic E-state index is 0.0313. The highest BCUT2D eigenvalue weighted by atomic mass is 16.6. The lowest BCUT2D eigenvalue weighted by Gasteiger charge is -2.38. The first-order valence-corrected chi connectivity index (χ1v) is 23.3. The van der Waals surface area contributed by atoms with E-state index < -0.39 is 73.2 Å². The molecule has 13 N–H and O–H groups in total. The number of aryl methyl sites for hydroxylation is 1. The number of hydrogen-bond acceptors (Lipinski definition) is 16. The number of aromatic nitrogens is 6. The Labute approximate surface area is 401 Å². The van der Waals surface area contributed by atoms with Gasteiger partial charge in [-0.1, -0.05) is 36.4 Å². The van der Waals surface area contributed by atoms with Gasteiger partial charge in [0, 0.05) is 95.6 Å². The summed E-state index contributed by atoms with van der Waals surface area (Å²) in [5, 5.41) is 85.2. The number of aromatic amines is 2. The number of carbonyl (C=O) groups excluding carboxylic acids is 2. The Kier molecular flexibility index (Phi) is 11.2. The van der Waals surface area contributed by atoms with E-state index in [2.05, 4.69) is 42.3 Å². The number of benzene rings is 3. The summed E-state index contributed by atoms with van der Waals surface area (Å²) in [6, 6.07) is 17.5. The maximum Gasteiger partial charge on any atom is 0.276 e. The van der Waals surface area contributed by atoms with Crippen LogP contribution in [0.3, 0.4) is 0 Å².